The second-order valence-corrected chi connectivity index (χ2v) is 8.79. The fraction of sp³-hybridized carbons (Fsp3) is 0.280. The van der Waals surface area contributed by atoms with Gasteiger partial charge in [0, 0.05) is 17.6 Å². The van der Waals surface area contributed by atoms with Gasteiger partial charge in [0.2, 0.25) is 5.75 Å². The molecule has 0 bridgehead atoms. The van der Waals surface area contributed by atoms with Crippen molar-refractivity contribution in [3.8, 4) is 17.6 Å². The van der Waals surface area contributed by atoms with Crippen LogP contribution in [0.3, 0.4) is 0 Å². The zero-order valence-electron chi connectivity index (χ0n) is 20.0. The Morgan fingerprint density at radius 2 is 1.92 bits per heavy atom. The normalized spacial score (nSPS) is 11.8. The van der Waals surface area contributed by atoms with E-state index in [-0.39, 0.29) is 40.6 Å². The number of ether oxygens (including phenoxy) is 1. The summed E-state index contributed by atoms with van der Waals surface area (Å²) >= 11 is 5.97. The Hall–Kier alpha value is -3.91. The number of alkyl halides is 4. The van der Waals surface area contributed by atoms with Crippen LogP contribution in [0.15, 0.2) is 52.3 Å². The minimum atomic E-state index is -3.77. The first-order valence-corrected chi connectivity index (χ1v) is 11.2. The molecule has 0 spiro atoms. The second kappa shape index (κ2) is 10.2. The molecule has 7 nitrogen and oxygen atoms in total. The van der Waals surface area contributed by atoms with E-state index in [0.717, 1.165) is 23.9 Å². The van der Waals surface area contributed by atoms with Gasteiger partial charge in [0.25, 0.3) is 17.0 Å². The van der Waals surface area contributed by atoms with Crippen LogP contribution in [0.5, 0.6) is 11.5 Å². The van der Waals surface area contributed by atoms with Gasteiger partial charge in [-0.3, -0.25) is 14.2 Å². The van der Waals surface area contributed by atoms with Crippen LogP contribution in [-0.2, 0) is 24.8 Å². The molecular weight excluding hydrogens is 516 g/mol. The summed E-state index contributed by atoms with van der Waals surface area (Å²) in [6.45, 7) is 6.13. The van der Waals surface area contributed by atoms with Crippen LogP contribution in [-0.4, -0.2) is 14.5 Å². The van der Waals surface area contributed by atoms with Crippen molar-refractivity contribution >= 4 is 11.6 Å². The lowest BCUT2D eigenvalue weighted by Gasteiger charge is -2.20. The predicted molar refractivity (Wildman–Crippen MR) is 129 cm³/mol. The number of hydrogen-bond acceptors (Lipinski definition) is 5. The zero-order chi connectivity index (χ0) is 27.7. The first kappa shape index (κ1) is 27.7. The van der Waals surface area contributed by atoms with E-state index in [2.05, 4.69) is 16.5 Å². The molecular formula is C25H21ClF4N4O3. The first-order chi connectivity index (χ1) is 17.2. The summed E-state index contributed by atoms with van der Waals surface area (Å²) in [6, 6.07) is 6.52. The average Bonchev–Trinajstić information content (AvgIpc) is 2.80. The van der Waals surface area contributed by atoms with E-state index in [1.54, 1.807) is 6.92 Å². The third-order valence-corrected chi connectivity index (χ3v) is 5.65. The lowest BCUT2D eigenvalue weighted by molar-refractivity contribution is 0.0158. The van der Waals surface area contributed by atoms with Gasteiger partial charge in [-0.15, -0.1) is 0 Å². The summed E-state index contributed by atoms with van der Waals surface area (Å²) in [6.07, 6.45) is 1.06. The van der Waals surface area contributed by atoms with E-state index in [1.807, 2.05) is 6.07 Å². The third kappa shape index (κ3) is 5.75. The van der Waals surface area contributed by atoms with Crippen molar-refractivity contribution in [3.05, 3.63) is 96.6 Å². The van der Waals surface area contributed by atoms with Crippen molar-refractivity contribution < 1.29 is 22.3 Å². The number of allylic oxidation sites excluding steroid dienone is 1. The molecule has 12 heteroatoms. The summed E-state index contributed by atoms with van der Waals surface area (Å²) in [5, 5.41) is 9.22. The predicted octanol–water partition coefficient (Wildman–Crippen LogP) is 5.64. The number of aromatic amines is 1. The smallest absolute Gasteiger partial charge is 0.314 e. The zero-order valence-corrected chi connectivity index (χ0v) is 20.7. The molecule has 3 aromatic rings. The topological polar surface area (TPSA) is 101 Å². The van der Waals surface area contributed by atoms with E-state index < -0.39 is 45.5 Å². The highest BCUT2D eigenvalue weighted by molar-refractivity contribution is 6.30. The number of H-pyrrole nitrogens is 1. The van der Waals surface area contributed by atoms with E-state index in [9.17, 15) is 27.2 Å². The Morgan fingerprint density at radius 1 is 1.24 bits per heavy atom. The van der Waals surface area contributed by atoms with Crippen molar-refractivity contribution in [1.82, 2.24) is 14.5 Å². The highest BCUT2D eigenvalue weighted by Crippen LogP contribution is 2.38. The Balaban J connectivity index is 2.22. The molecule has 0 aliphatic heterocycles. The van der Waals surface area contributed by atoms with Crippen LogP contribution >= 0.6 is 11.6 Å². The fourth-order valence-corrected chi connectivity index (χ4v) is 3.71. The number of nitrogens with zero attached hydrogens (tertiary/aromatic N) is 3. The molecule has 0 atom stereocenters. The maximum absolute atomic E-state index is 15.0. The number of nitriles is 1. The molecule has 0 saturated heterocycles. The van der Waals surface area contributed by atoms with Gasteiger partial charge in [-0.25, -0.2) is 13.8 Å². The molecule has 0 saturated carbocycles. The van der Waals surface area contributed by atoms with Gasteiger partial charge in [-0.2, -0.15) is 14.0 Å². The van der Waals surface area contributed by atoms with Crippen molar-refractivity contribution in [3.63, 3.8) is 0 Å². The summed E-state index contributed by atoms with van der Waals surface area (Å²) in [5.41, 5.74) is -4.03. The molecule has 194 valence electrons. The molecule has 3 rings (SSSR count). The minimum absolute atomic E-state index is 0.0498. The van der Waals surface area contributed by atoms with Crippen LogP contribution in [0, 0.1) is 11.3 Å². The Labute approximate surface area is 213 Å². The number of benzene rings is 1. The van der Waals surface area contributed by atoms with Crippen LogP contribution in [0.25, 0.3) is 0 Å². The van der Waals surface area contributed by atoms with Gasteiger partial charge in [-0.05, 0) is 48.7 Å². The molecule has 0 amide bonds. The number of rotatable bonds is 8. The maximum Gasteiger partial charge on any atom is 0.314 e. The minimum Gasteiger partial charge on any atom is -0.449 e. The van der Waals surface area contributed by atoms with E-state index in [1.165, 1.54) is 18.2 Å². The van der Waals surface area contributed by atoms with Crippen LogP contribution in [0.1, 0.15) is 48.8 Å². The number of aromatic nitrogens is 3. The maximum atomic E-state index is 15.0. The highest BCUT2D eigenvalue weighted by Gasteiger charge is 2.40. The Bertz CT molecular complexity index is 1530. The van der Waals surface area contributed by atoms with E-state index in [0.29, 0.717) is 6.92 Å². The molecule has 1 aromatic carbocycles. The largest absolute Gasteiger partial charge is 0.449 e. The number of pyridine rings is 1. The fourth-order valence-electron chi connectivity index (χ4n) is 3.48. The lowest BCUT2D eigenvalue weighted by Crippen LogP contribution is -2.30. The van der Waals surface area contributed by atoms with Gasteiger partial charge in [0.15, 0.2) is 5.69 Å². The molecule has 2 aromatic heterocycles. The third-order valence-electron chi connectivity index (χ3n) is 5.43. The summed E-state index contributed by atoms with van der Waals surface area (Å²) in [7, 11) is 0. The number of nitrogens with one attached hydrogen (secondary N) is 1. The van der Waals surface area contributed by atoms with E-state index >= 15 is 0 Å². The van der Waals surface area contributed by atoms with Gasteiger partial charge in [0.05, 0.1) is 30.1 Å². The van der Waals surface area contributed by atoms with Crippen molar-refractivity contribution in [1.29, 1.82) is 5.26 Å². The van der Waals surface area contributed by atoms with Crippen LogP contribution in [0.4, 0.5) is 17.6 Å². The second-order valence-electron chi connectivity index (χ2n) is 8.36. The Kier molecular flexibility index (Phi) is 7.64. The quantitative estimate of drug-likeness (QED) is 0.297. The molecule has 0 radical (unpaired) electrons. The van der Waals surface area contributed by atoms with Gasteiger partial charge in [0.1, 0.15) is 5.75 Å². The monoisotopic (exact) mass is 536 g/mol. The van der Waals surface area contributed by atoms with Crippen molar-refractivity contribution in [2.45, 2.75) is 45.6 Å². The number of halogens is 5. The molecule has 37 heavy (non-hydrogen) atoms. The van der Waals surface area contributed by atoms with Gasteiger partial charge >= 0.3 is 5.92 Å². The number of aryl methyl sites for hydroxylation is 1. The first-order valence-electron chi connectivity index (χ1n) is 10.8. The molecule has 2 heterocycles. The Morgan fingerprint density at radius 3 is 2.49 bits per heavy atom. The molecule has 1 N–H and O–H groups in total. The SMILES string of the molecule is C=C(C)C(F)(F)c1ncn(Cc2cc(C(C)(F)F)c(=O)[nH]c2CC)c(=O)c1Oc1cc(Cl)cc(C#N)c1. The van der Waals surface area contributed by atoms with Gasteiger partial charge < -0.3 is 9.72 Å². The molecule has 0 aliphatic carbocycles. The summed E-state index contributed by atoms with van der Waals surface area (Å²) in [5.74, 6) is -8.28. The van der Waals surface area contributed by atoms with Gasteiger partial charge in [-0.1, -0.05) is 25.1 Å². The number of hydrogen-bond donors (Lipinski definition) is 1. The highest BCUT2D eigenvalue weighted by atomic mass is 35.5. The van der Waals surface area contributed by atoms with Crippen LogP contribution < -0.4 is 15.9 Å². The van der Waals surface area contributed by atoms with E-state index in [4.69, 9.17) is 21.6 Å². The molecule has 0 unspecified atom stereocenters. The van der Waals surface area contributed by atoms with Crippen molar-refractivity contribution in [2.24, 2.45) is 0 Å². The van der Waals surface area contributed by atoms with Crippen LogP contribution in [0.2, 0.25) is 5.02 Å². The molecule has 0 aliphatic rings. The summed E-state index contributed by atoms with van der Waals surface area (Å²) in [4.78, 5) is 31.6. The average molecular weight is 537 g/mol. The van der Waals surface area contributed by atoms with Crippen molar-refractivity contribution in [2.75, 3.05) is 0 Å². The standard InChI is InChI=1S/C25H21ClF4N4O3/c1-5-19-15(8-18(22(35)33-19)24(4,27)28)11-34-12-32-21(25(29,30)13(2)3)20(23(34)36)37-17-7-14(10-31)6-16(26)9-17/h6-9,12H,2,5,11H2,1,3-4H3,(H,33,35). The molecule has 0 fully saturated rings. The summed E-state index contributed by atoms with van der Waals surface area (Å²) < 4.78 is 64.2. The lowest BCUT2D eigenvalue weighted by atomic mass is 10.0.